The quantitative estimate of drug-likeness (QED) is 0.299. The Kier molecular flexibility index (Phi) is 17.6. The van der Waals surface area contributed by atoms with Gasteiger partial charge in [-0.2, -0.15) is 0 Å². The van der Waals surface area contributed by atoms with E-state index in [4.69, 9.17) is 5.11 Å². The average Bonchev–Trinajstić information content (AvgIpc) is 2.57. The van der Waals surface area contributed by atoms with Crippen molar-refractivity contribution in [2.45, 2.75) is 122 Å². The number of hydrogen-bond acceptors (Lipinski definition) is 3. The van der Waals surface area contributed by atoms with Gasteiger partial charge in [-0.3, -0.25) is 0 Å². The van der Waals surface area contributed by atoms with Crippen LogP contribution in [0.15, 0.2) is 0 Å². The van der Waals surface area contributed by atoms with Gasteiger partial charge in [-0.25, -0.2) is 0 Å². The van der Waals surface area contributed by atoms with Gasteiger partial charge in [0.15, 0.2) is 0 Å². The monoisotopic (exact) mass is 344 g/mol. The van der Waals surface area contributed by atoms with E-state index < -0.39 is 12.2 Å². The first-order valence-corrected chi connectivity index (χ1v) is 10.5. The third-order valence-corrected chi connectivity index (χ3v) is 4.91. The summed E-state index contributed by atoms with van der Waals surface area (Å²) in [4.78, 5) is 0. The molecule has 0 bridgehead atoms. The fourth-order valence-electron chi connectivity index (χ4n) is 3.16. The zero-order valence-corrected chi connectivity index (χ0v) is 16.4. The molecule has 3 N–H and O–H groups in total. The second kappa shape index (κ2) is 17.7. The maximum Gasteiger partial charge on any atom is 0.103 e. The van der Waals surface area contributed by atoms with Gasteiger partial charge in [-0.1, -0.05) is 104 Å². The summed E-state index contributed by atoms with van der Waals surface area (Å²) >= 11 is 0. The Morgan fingerprint density at radius 2 is 0.833 bits per heavy atom. The van der Waals surface area contributed by atoms with Crippen molar-refractivity contribution in [3.8, 4) is 0 Å². The Balaban J connectivity index is 3.10. The van der Waals surface area contributed by atoms with E-state index in [9.17, 15) is 10.2 Å². The number of aliphatic hydroxyl groups excluding tert-OH is 3. The largest absolute Gasteiger partial charge is 0.394 e. The summed E-state index contributed by atoms with van der Waals surface area (Å²) in [7, 11) is 0. The topological polar surface area (TPSA) is 60.7 Å². The van der Waals surface area contributed by atoms with E-state index in [0.29, 0.717) is 6.42 Å². The Labute approximate surface area is 150 Å². The lowest BCUT2D eigenvalue weighted by Gasteiger charge is -2.14. The van der Waals surface area contributed by atoms with Crippen LogP contribution in [0.4, 0.5) is 0 Å². The molecule has 0 aromatic heterocycles. The Hall–Kier alpha value is -0.120. The molecular formula is C21H44O3. The molecule has 0 aromatic carbocycles. The Bertz CT molecular complexity index is 243. The second-order valence-electron chi connectivity index (χ2n) is 7.88. The molecule has 3 nitrogen and oxygen atoms in total. The van der Waals surface area contributed by atoms with Crippen LogP contribution in [0.1, 0.15) is 110 Å². The first kappa shape index (κ1) is 23.9. The zero-order valence-electron chi connectivity index (χ0n) is 16.4. The zero-order chi connectivity index (χ0) is 18.0. The normalized spacial score (nSPS) is 14.2. The van der Waals surface area contributed by atoms with E-state index in [-0.39, 0.29) is 6.61 Å². The highest BCUT2D eigenvalue weighted by Crippen LogP contribution is 2.15. The predicted molar refractivity (Wildman–Crippen MR) is 103 cm³/mol. The molecule has 0 radical (unpaired) electrons. The summed E-state index contributed by atoms with van der Waals surface area (Å²) in [5.74, 6) is 0.863. The van der Waals surface area contributed by atoms with E-state index in [0.717, 1.165) is 18.8 Å². The molecule has 0 spiro atoms. The molecule has 0 saturated heterocycles. The molecule has 0 aliphatic rings. The van der Waals surface area contributed by atoms with Crippen LogP contribution in [0, 0.1) is 5.92 Å². The van der Waals surface area contributed by atoms with Crippen LogP contribution in [-0.2, 0) is 0 Å². The van der Waals surface area contributed by atoms with E-state index in [1.165, 1.54) is 77.0 Å². The van der Waals surface area contributed by atoms with Crippen LogP contribution in [0.3, 0.4) is 0 Å². The van der Waals surface area contributed by atoms with E-state index in [1.54, 1.807) is 0 Å². The highest BCUT2D eigenvalue weighted by molar-refractivity contribution is 4.65. The first-order valence-electron chi connectivity index (χ1n) is 10.5. The van der Waals surface area contributed by atoms with E-state index in [2.05, 4.69) is 13.8 Å². The number of rotatable bonds is 18. The van der Waals surface area contributed by atoms with Crippen LogP contribution in [-0.4, -0.2) is 34.1 Å². The van der Waals surface area contributed by atoms with Crippen molar-refractivity contribution < 1.29 is 15.3 Å². The lowest BCUT2D eigenvalue weighted by atomic mass is 10.0. The maximum absolute atomic E-state index is 9.52. The van der Waals surface area contributed by atoms with Gasteiger partial charge in [0.25, 0.3) is 0 Å². The van der Waals surface area contributed by atoms with Gasteiger partial charge < -0.3 is 15.3 Å². The SMILES string of the molecule is CC(C)CCCCCCCCCCCCCCCC(O)C(O)CO. The molecule has 3 heteroatoms. The molecule has 146 valence electrons. The Morgan fingerprint density at radius 1 is 0.500 bits per heavy atom. The number of hydrogen-bond donors (Lipinski definition) is 3. The van der Waals surface area contributed by atoms with E-state index >= 15 is 0 Å². The van der Waals surface area contributed by atoms with Crippen LogP contribution in [0.5, 0.6) is 0 Å². The predicted octanol–water partition coefficient (Wildman–Crippen LogP) is 5.21. The van der Waals surface area contributed by atoms with Crippen LogP contribution < -0.4 is 0 Å². The minimum atomic E-state index is -0.972. The standard InChI is InChI=1S/C21H44O3/c1-19(2)16-14-12-10-8-6-4-3-5-7-9-11-13-15-17-20(23)21(24)18-22/h19-24H,3-18H2,1-2H3. The van der Waals surface area contributed by atoms with Gasteiger partial charge in [0.2, 0.25) is 0 Å². The molecule has 2 unspecified atom stereocenters. The van der Waals surface area contributed by atoms with Crippen molar-refractivity contribution in [3.63, 3.8) is 0 Å². The minimum absolute atomic E-state index is 0.348. The Morgan fingerprint density at radius 3 is 1.17 bits per heavy atom. The summed E-state index contributed by atoms with van der Waals surface area (Å²) in [5, 5.41) is 27.5. The summed E-state index contributed by atoms with van der Waals surface area (Å²) in [6.07, 6.45) is 17.4. The van der Waals surface area contributed by atoms with Crippen LogP contribution in [0.2, 0.25) is 0 Å². The molecule has 0 aliphatic heterocycles. The van der Waals surface area contributed by atoms with Gasteiger partial charge in [-0.15, -0.1) is 0 Å². The molecule has 0 aliphatic carbocycles. The van der Waals surface area contributed by atoms with Crippen molar-refractivity contribution in [1.29, 1.82) is 0 Å². The molecule has 0 amide bonds. The van der Waals surface area contributed by atoms with Crippen molar-refractivity contribution >= 4 is 0 Å². The third-order valence-electron chi connectivity index (χ3n) is 4.91. The molecule has 0 heterocycles. The van der Waals surface area contributed by atoms with E-state index in [1.807, 2.05) is 0 Å². The molecular weight excluding hydrogens is 300 g/mol. The summed E-state index contributed by atoms with van der Waals surface area (Å²) < 4.78 is 0. The highest BCUT2D eigenvalue weighted by atomic mass is 16.4. The lowest BCUT2D eigenvalue weighted by Crippen LogP contribution is -2.28. The lowest BCUT2D eigenvalue weighted by molar-refractivity contribution is -0.0185. The second-order valence-corrected chi connectivity index (χ2v) is 7.88. The van der Waals surface area contributed by atoms with Gasteiger partial charge in [0, 0.05) is 0 Å². The molecule has 0 fully saturated rings. The fraction of sp³-hybridized carbons (Fsp3) is 1.00. The van der Waals surface area contributed by atoms with Crippen LogP contribution >= 0.6 is 0 Å². The molecule has 0 saturated carbocycles. The number of unbranched alkanes of at least 4 members (excludes halogenated alkanes) is 12. The average molecular weight is 345 g/mol. The van der Waals surface area contributed by atoms with Crippen molar-refractivity contribution in [2.75, 3.05) is 6.61 Å². The van der Waals surface area contributed by atoms with Crippen molar-refractivity contribution in [3.05, 3.63) is 0 Å². The van der Waals surface area contributed by atoms with Crippen LogP contribution in [0.25, 0.3) is 0 Å². The molecule has 24 heavy (non-hydrogen) atoms. The smallest absolute Gasteiger partial charge is 0.103 e. The molecule has 0 aromatic rings. The molecule has 0 rings (SSSR count). The summed E-state index contributed by atoms with van der Waals surface area (Å²) in [6, 6.07) is 0. The van der Waals surface area contributed by atoms with Crippen molar-refractivity contribution in [2.24, 2.45) is 5.92 Å². The summed E-state index contributed by atoms with van der Waals surface area (Å²) in [5.41, 5.74) is 0. The third kappa shape index (κ3) is 16.7. The van der Waals surface area contributed by atoms with Gasteiger partial charge >= 0.3 is 0 Å². The van der Waals surface area contributed by atoms with Gasteiger partial charge in [0.1, 0.15) is 6.10 Å². The minimum Gasteiger partial charge on any atom is -0.394 e. The summed E-state index contributed by atoms with van der Waals surface area (Å²) in [6.45, 7) is 4.27. The highest BCUT2D eigenvalue weighted by Gasteiger charge is 2.13. The maximum atomic E-state index is 9.52. The number of aliphatic hydroxyl groups is 3. The fourth-order valence-corrected chi connectivity index (χ4v) is 3.16. The van der Waals surface area contributed by atoms with Gasteiger partial charge in [0.05, 0.1) is 12.7 Å². The molecule has 2 atom stereocenters. The first-order chi connectivity index (χ1) is 11.6. The van der Waals surface area contributed by atoms with Crippen molar-refractivity contribution in [1.82, 2.24) is 0 Å². The van der Waals surface area contributed by atoms with Gasteiger partial charge in [-0.05, 0) is 12.3 Å².